The Bertz CT molecular complexity index is 365. The average Bonchev–Trinajstić information content (AvgIpc) is 2.27. The van der Waals surface area contributed by atoms with Gasteiger partial charge >= 0.3 is 5.97 Å². The molecule has 1 unspecified atom stereocenters. The second kappa shape index (κ2) is 4.31. The number of hydrogen-bond donors (Lipinski definition) is 2. The summed E-state index contributed by atoms with van der Waals surface area (Å²) < 4.78 is 5.12. The fourth-order valence-corrected chi connectivity index (χ4v) is 1.41. The van der Waals surface area contributed by atoms with Gasteiger partial charge in [0.1, 0.15) is 11.2 Å². The van der Waals surface area contributed by atoms with Crippen molar-refractivity contribution in [2.75, 3.05) is 13.7 Å². The number of rotatable bonds is 4. The van der Waals surface area contributed by atoms with Crippen LogP contribution in [0.4, 0.5) is 0 Å². The van der Waals surface area contributed by atoms with Crippen LogP contribution in [-0.4, -0.2) is 24.7 Å². The molecule has 0 amide bonds. The molecule has 0 radical (unpaired) electrons. The first-order valence-corrected chi connectivity index (χ1v) is 4.63. The van der Waals surface area contributed by atoms with Crippen LogP contribution in [0.3, 0.4) is 0 Å². The summed E-state index contributed by atoms with van der Waals surface area (Å²) in [5, 5.41) is 9.17. The Balaban J connectivity index is 3.29. The molecular weight excluding hydrogens is 194 g/mol. The molecule has 0 aromatic heterocycles. The fraction of sp³-hybridized carbons (Fsp3) is 0.364. The molecule has 0 fully saturated rings. The van der Waals surface area contributed by atoms with Crippen molar-refractivity contribution >= 4 is 5.97 Å². The molecule has 1 atom stereocenters. The number of carboxylic acids is 1. The Morgan fingerprint density at radius 1 is 1.53 bits per heavy atom. The van der Waals surface area contributed by atoms with Gasteiger partial charge < -0.3 is 15.6 Å². The maximum absolute atomic E-state index is 11.2. The third-order valence-electron chi connectivity index (χ3n) is 2.58. The molecule has 0 saturated carbocycles. The largest absolute Gasteiger partial charge is 0.496 e. The highest BCUT2D eigenvalue weighted by Gasteiger charge is 2.36. The van der Waals surface area contributed by atoms with Crippen molar-refractivity contribution in [1.82, 2.24) is 0 Å². The van der Waals surface area contributed by atoms with Gasteiger partial charge in [-0.3, -0.25) is 4.79 Å². The molecule has 0 aliphatic carbocycles. The highest BCUT2D eigenvalue weighted by atomic mass is 16.5. The minimum absolute atomic E-state index is 0.0305. The van der Waals surface area contributed by atoms with Gasteiger partial charge in [0, 0.05) is 12.1 Å². The van der Waals surface area contributed by atoms with E-state index in [0.29, 0.717) is 11.3 Å². The second-order valence-electron chi connectivity index (χ2n) is 3.54. The van der Waals surface area contributed by atoms with E-state index < -0.39 is 11.4 Å². The smallest absolute Gasteiger partial charge is 0.315 e. The summed E-state index contributed by atoms with van der Waals surface area (Å²) in [6.07, 6.45) is 0. The van der Waals surface area contributed by atoms with E-state index in [2.05, 4.69) is 0 Å². The van der Waals surface area contributed by atoms with Crippen molar-refractivity contribution in [3.63, 3.8) is 0 Å². The van der Waals surface area contributed by atoms with Gasteiger partial charge in [0.2, 0.25) is 0 Å². The quantitative estimate of drug-likeness (QED) is 0.775. The molecule has 82 valence electrons. The summed E-state index contributed by atoms with van der Waals surface area (Å²) in [5.41, 5.74) is 5.02. The van der Waals surface area contributed by atoms with Crippen molar-refractivity contribution in [2.24, 2.45) is 5.73 Å². The molecular formula is C11H15NO3. The van der Waals surface area contributed by atoms with Crippen molar-refractivity contribution < 1.29 is 14.6 Å². The van der Waals surface area contributed by atoms with Gasteiger partial charge in [-0.15, -0.1) is 0 Å². The lowest BCUT2D eigenvalue weighted by atomic mass is 9.82. The molecule has 1 rings (SSSR count). The van der Waals surface area contributed by atoms with Crippen molar-refractivity contribution in [3.8, 4) is 5.75 Å². The molecule has 0 bridgehead atoms. The molecule has 4 heteroatoms. The summed E-state index contributed by atoms with van der Waals surface area (Å²) >= 11 is 0. The summed E-state index contributed by atoms with van der Waals surface area (Å²) in [6.45, 7) is 1.62. The number of hydrogen-bond acceptors (Lipinski definition) is 3. The highest BCUT2D eigenvalue weighted by Crippen LogP contribution is 2.31. The molecule has 4 nitrogen and oxygen atoms in total. The molecule has 3 N–H and O–H groups in total. The van der Waals surface area contributed by atoms with Crippen LogP contribution in [0.5, 0.6) is 5.75 Å². The summed E-state index contributed by atoms with van der Waals surface area (Å²) in [5.74, 6) is -0.401. The number of para-hydroxylation sites is 1. The molecule has 0 saturated heterocycles. The number of benzene rings is 1. The molecule has 0 aliphatic rings. The SMILES string of the molecule is COc1ccccc1C(C)(CN)C(=O)O. The molecule has 0 spiro atoms. The van der Waals surface area contributed by atoms with Crippen molar-refractivity contribution in [2.45, 2.75) is 12.3 Å². The predicted octanol–water partition coefficient (Wildman–Crippen LogP) is 0.996. The van der Waals surface area contributed by atoms with E-state index >= 15 is 0 Å². The van der Waals surface area contributed by atoms with Crippen LogP contribution in [0.1, 0.15) is 12.5 Å². The Kier molecular flexibility index (Phi) is 3.31. The van der Waals surface area contributed by atoms with Crippen molar-refractivity contribution in [1.29, 1.82) is 0 Å². The van der Waals surface area contributed by atoms with Crippen LogP contribution < -0.4 is 10.5 Å². The summed E-state index contributed by atoms with van der Waals surface area (Å²) in [7, 11) is 1.51. The summed E-state index contributed by atoms with van der Waals surface area (Å²) in [6, 6.07) is 7.02. The maximum atomic E-state index is 11.2. The lowest BCUT2D eigenvalue weighted by Gasteiger charge is -2.25. The average molecular weight is 209 g/mol. The van der Waals surface area contributed by atoms with Crippen molar-refractivity contribution in [3.05, 3.63) is 29.8 Å². The van der Waals surface area contributed by atoms with E-state index in [1.165, 1.54) is 7.11 Å². The Morgan fingerprint density at radius 2 is 2.13 bits per heavy atom. The van der Waals surface area contributed by atoms with Crippen LogP contribution in [0, 0.1) is 0 Å². The van der Waals surface area contributed by atoms with E-state index in [1.54, 1.807) is 31.2 Å². The lowest BCUT2D eigenvalue weighted by Crippen LogP contribution is -2.40. The maximum Gasteiger partial charge on any atom is 0.315 e. The lowest BCUT2D eigenvalue weighted by molar-refractivity contribution is -0.142. The molecule has 0 heterocycles. The van der Waals surface area contributed by atoms with Crippen LogP contribution in [0.2, 0.25) is 0 Å². The number of nitrogens with two attached hydrogens (primary N) is 1. The third kappa shape index (κ3) is 1.94. The van der Waals surface area contributed by atoms with Gasteiger partial charge in [-0.05, 0) is 13.0 Å². The van der Waals surface area contributed by atoms with Gasteiger partial charge in [-0.25, -0.2) is 0 Å². The Labute approximate surface area is 88.7 Å². The molecule has 0 aliphatic heterocycles. The second-order valence-corrected chi connectivity index (χ2v) is 3.54. The van der Waals surface area contributed by atoms with Crippen LogP contribution in [-0.2, 0) is 10.2 Å². The van der Waals surface area contributed by atoms with Gasteiger partial charge in [0.25, 0.3) is 0 Å². The fourth-order valence-electron chi connectivity index (χ4n) is 1.41. The Morgan fingerprint density at radius 3 is 2.60 bits per heavy atom. The van der Waals surface area contributed by atoms with Gasteiger partial charge in [0.15, 0.2) is 0 Å². The van der Waals surface area contributed by atoms with E-state index in [1.807, 2.05) is 0 Å². The molecule has 1 aromatic carbocycles. The zero-order valence-corrected chi connectivity index (χ0v) is 8.86. The number of ether oxygens (including phenoxy) is 1. The molecule has 1 aromatic rings. The van der Waals surface area contributed by atoms with Gasteiger partial charge in [-0.2, -0.15) is 0 Å². The third-order valence-corrected chi connectivity index (χ3v) is 2.58. The van der Waals surface area contributed by atoms with Crippen LogP contribution in [0.15, 0.2) is 24.3 Å². The first-order valence-electron chi connectivity index (χ1n) is 4.63. The van der Waals surface area contributed by atoms with Crippen LogP contribution >= 0.6 is 0 Å². The molecule has 15 heavy (non-hydrogen) atoms. The highest BCUT2D eigenvalue weighted by molar-refractivity contribution is 5.82. The first-order chi connectivity index (χ1) is 7.06. The minimum Gasteiger partial charge on any atom is -0.496 e. The zero-order valence-electron chi connectivity index (χ0n) is 8.86. The number of aliphatic carboxylic acids is 1. The monoisotopic (exact) mass is 209 g/mol. The Hall–Kier alpha value is -1.55. The van der Waals surface area contributed by atoms with Gasteiger partial charge in [-0.1, -0.05) is 18.2 Å². The number of carboxylic acid groups (broad SMARTS) is 1. The van der Waals surface area contributed by atoms with E-state index in [4.69, 9.17) is 10.5 Å². The standard InChI is InChI=1S/C11H15NO3/c1-11(7-12,10(13)14)8-5-3-4-6-9(8)15-2/h3-6H,7,12H2,1-2H3,(H,13,14). The number of carbonyl (C=O) groups is 1. The van der Waals surface area contributed by atoms with Gasteiger partial charge in [0.05, 0.1) is 7.11 Å². The topological polar surface area (TPSA) is 72.5 Å². The normalized spacial score (nSPS) is 14.3. The number of methoxy groups -OCH3 is 1. The zero-order chi connectivity index (χ0) is 11.5. The van der Waals surface area contributed by atoms with E-state index in [0.717, 1.165) is 0 Å². The summed E-state index contributed by atoms with van der Waals surface area (Å²) in [4.78, 5) is 11.2. The first kappa shape index (κ1) is 11.5. The van der Waals surface area contributed by atoms with E-state index in [-0.39, 0.29) is 6.54 Å². The minimum atomic E-state index is -1.10. The van der Waals surface area contributed by atoms with Crippen LogP contribution in [0.25, 0.3) is 0 Å². The van der Waals surface area contributed by atoms with E-state index in [9.17, 15) is 9.90 Å². The predicted molar refractivity (Wildman–Crippen MR) is 57.0 cm³/mol.